The first-order valence-corrected chi connectivity index (χ1v) is 4.29. The van der Waals surface area contributed by atoms with E-state index in [0.717, 1.165) is 0 Å². The van der Waals surface area contributed by atoms with Crippen LogP contribution in [0.15, 0.2) is 0 Å². The largest absolute Gasteiger partial charge is 1.00 e. The molecule has 0 fully saturated rings. The van der Waals surface area contributed by atoms with Gasteiger partial charge in [0.25, 0.3) is 0 Å². The molecule has 0 heterocycles. The third-order valence-electron chi connectivity index (χ3n) is 0.590. The van der Waals surface area contributed by atoms with E-state index in [4.69, 9.17) is 4.52 Å². The van der Waals surface area contributed by atoms with Crippen molar-refractivity contribution in [1.29, 1.82) is 0 Å². The van der Waals surface area contributed by atoms with Crippen molar-refractivity contribution in [1.82, 2.24) is 0 Å². The van der Waals surface area contributed by atoms with Crippen LogP contribution in [0.5, 0.6) is 0 Å². The summed E-state index contributed by atoms with van der Waals surface area (Å²) in [6.07, 6.45) is 0. The summed E-state index contributed by atoms with van der Waals surface area (Å²) < 4.78 is 4.81. The summed E-state index contributed by atoms with van der Waals surface area (Å²) in [5.74, 6) is 0.480. The number of hydrogen-bond donors (Lipinski definition) is 0. The van der Waals surface area contributed by atoms with E-state index in [2.05, 4.69) is 0 Å². The summed E-state index contributed by atoms with van der Waals surface area (Å²) in [6.45, 7) is 6.22. The summed E-state index contributed by atoms with van der Waals surface area (Å²) >= 11 is 0. The molecule has 0 N–H and O–H groups in total. The molecule has 4 heteroatoms. The fourth-order valence-corrected chi connectivity index (χ4v) is 0.762. The number of rotatable bonds is 3. The van der Waals surface area contributed by atoms with Crippen molar-refractivity contribution in [3.63, 3.8) is 0 Å². The van der Waals surface area contributed by atoms with Gasteiger partial charge in [0.1, 0.15) is 0 Å². The summed E-state index contributed by atoms with van der Waals surface area (Å²) in [5.41, 5.74) is 0. The fourth-order valence-electron chi connectivity index (χ4n) is 0.254. The zero-order valence-corrected chi connectivity index (χ0v) is 9.44. The molecule has 2 nitrogen and oxygen atoms in total. The van der Waals surface area contributed by atoms with Gasteiger partial charge in [0, 0.05) is 0 Å². The van der Waals surface area contributed by atoms with Crippen LogP contribution >= 0.6 is 8.38 Å². The Labute approximate surface area is 80.2 Å². The topological polar surface area (TPSA) is 32.3 Å². The Morgan fingerprint density at radius 3 is 2.11 bits per heavy atom. The summed E-state index contributed by atoms with van der Waals surface area (Å²) in [7, 11) is -1.38. The van der Waals surface area contributed by atoms with Gasteiger partial charge in [0.15, 0.2) is 0 Å². The first kappa shape index (κ1) is 13.0. The Morgan fingerprint density at radius 1 is 1.56 bits per heavy atom. The Kier molecular flexibility index (Phi) is 10.8. The SMILES string of the molecule is CC(C)COP(C)[O-].[Na+]. The molecule has 0 aromatic rings. The molecule has 0 spiro atoms. The predicted molar refractivity (Wildman–Crippen MR) is 33.6 cm³/mol. The molecule has 0 aromatic carbocycles. The Morgan fingerprint density at radius 2 is 2.00 bits per heavy atom. The minimum atomic E-state index is -1.38. The van der Waals surface area contributed by atoms with Gasteiger partial charge in [-0.05, 0) is 12.6 Å². The van der Waals surface area contributed by atoms with Crippen LogP contribution in [-0.2, 0) is 4.52 Å². The van der Waals surface area contributed by atoms with E-state index in [1.54, 1.807) is 6.66 Å². The summed E-state index contributed by atoms with van der Waals surface area (Å²) in [4.78, 5) is 10.3. The molecule has 0 bridgehead atoms. The van der Waals surface area contributed by atoms with Crippen molar-refractivity contribution in [3.05, 3.63) is 0 Å². The van der Waals surface area contributed by atoms with Crippen LogP contribution in [-0.4, -0.2) is 13.3 Å². The average Bonchev–Trinajstić information content (AvgIpc) is 1.61. The van der Waals surface area contributed by atoms with Gasteiger partial charge in [0.05, 0.1) is 6.61 Å². The average molecular weight is 158 g/mol. The van der Waals surface area contributed by atoms with Crippen LogP contribution in [0, 0.1) is 5.92 Å². The smallest absolute Gasteiger partial charge is 0.808 e. The van der Waals surface area contributed by atoms with Gasteiger partial charge < -0.3 is 9.42 Å². The van der Waals surface area contributed by atoms with Gasteiger partial charge in [-0.3, -0.25) is 0 Å². The molecule has 0 aromatic heterocycles. The van der Waals surface area contributed by atoms with Gasteiger partial charge in [-0.25, -0.2) is 0 Å². The standard InChI is InChI=1S/C5H12O2P.Na/c1-5(2)4-7-8(3)6;/h5H,4H2,1-3H3;/q-1;+1. The van der Waals surface area contributed by atoms with Crippen LogP contribution in [0.4, 0.5) is 0 Å². The maximum Gasteiger partial charge on any atom is 1.00 e. The van der Waals surface area contributed by atoms with E-state index in [1.165, 1.54) is 0 Å². The predicted octanol–water partition coefficient (Wildman–Crippen LogP) is -2.03. The van der Waals surface area contributed by atoms with Crippen LogP contribution in [0.2, 0.25) is 0 Å². The first-order valence-electron chi connectivity index (χ1n) is 2.66. The van der Waals surface area contributed by atoms with Crippen LogP contribution in [0.3, 0.4) is 0 Å². The van der Waals surface area contributed by atoms with E-state index in [1.807, 2.05) is 13.8 Å². The zero-order chi connectivity index (χ0) is 6.57. The van der Waals surface area contributed by atoms with Gasteiger partial charge in [0.2, 0.25) is 0 Å². The molecule has 0 saturated carbocycles. The van der Waals surface area contributed by atoms with Gasteiger partial charge in [-0.1, -0.05) is 22.2 Å². The third-order valence-corrected chi connectivity index (χ3v) is 1.10. The molecule has 0 radical (unpaired) electrons. The van der Waals surface area contributed by atoms with Crippen molar-refractivity contribution >= 4 is 8.38 Å². The van der Waals surface area contributed by atoms with E-state index in [-0.39, 0.29) is 29.6 Å². The molecule has 0 saturated heterocycles. The minimum absolute atomic E-state index is 0. The molecular formula is C5H12NaO2P. The van der Waals surface area contributed by atoms with Crippen molar-refractivity contribution in [3.8, 4) is 0 Å². The molecule has 1 atom stereocenters. The summed E-state index contributed by atoms with van der Waals surface area (Å²) in [6, 6.07) is 0. The van der Waals surface area contributed by atoms with Crippen molar-refractivity contribution in [2.75, 3.05) is 13.3 Å². The van der Waals surface area contributed by atoms with E-state index in [9.17, 15) is 4.89 Å². The molecule has 1 unspecified atom stereocenters. The van der Waals surface area contributed by atoms with Crippen molar-refractivity contribution in [2.45, 2.75) is 13.8 Å². The number of hydrogen-bond acceptors (Lipinski definition) is 2. The fraction of sp³-hybridized carbons (Fsp3) is 1.00. The maximum absolute atomic E-state index is 10.3. The van der Waals surface area contributed by atoms with Crippen LogP contribution in [0.25, 0.3) is 0 Å². The van der Waals surface area contributed by atoms with E-state index in [0.29, 0.717) is 12.5 Å². The van der Waals surface area contributed by atoms with E-state index < -0.39 is 8.38 Å². The molecular weight excluding hydrogens is 146 g/mol. The molecule has 50 valence electrons. The Balaban J connectivity index is 0. The zero-order valence-electron chi connectivity index (χ0n) is 6.55. The maximum atomic E-state index is 10.3. The van der Waals surface area contributed by atoms with Gasteiger partial charge >= 0.3 is 29.6 Å². The Hall–Kier alpha value is 1.35. The van der Waals surface area contributed by atoms with Crippen molar-refractivity contribution < 1.29 is 39.0 Å². The molecule has 0 rings (SSSR count). The normalized spacial score (nSPS) is 13.0. The molecule has 0 amide bonds. The second-order valence-corrected chi connectivity index (χ2v) is 3.27. The van der Waals surface area contributed by atoms with Crippen LogP contribution in [0.1, 0.15) is 13.8 Å². The van der Waals surface area contributed by atoms with Gasteiger partial charge in [-0.15, -0.1) is 0 Å². The summed E-state index contributed by atoms with van der Waals surface area (Å²) in [5, 5.41) is 0. The second-order valence-electron chi connectivity index (χ2n) is 2.13. The van der Waals surface area contributed by atoms with Crippen molar-refractivity contribution in [2.24, 2.45) is 5.92 Å². The molecule has 0 aliphatic carbocycles. The van der Waals surface area contributed by atoms with Gasteiger partial charge in [-0.2, -0.15) is 0 Å². The quantitative estimate of drug-likeness (QED) is 0.350. The molecule has 0 aliphatic heterocycles. The Bertz CT molecular complexity index is 50.9. The third kappa shape index (κ3) is 12.5. The molecule has 9 heavy (non-hydrogen) atoms. The minimum Gasteiger partial charge on any atom is -0.808 e. The van der Waals surface area contributed by atoms with E-state index >= 15 is 0 Å². The van der Waals surface area contributed by atoms with Crippen LogP contribution < -0.4 is 34.5 Å². The monoisotopic (exact) mass is 158 g/mol. The second kappa shape index (κ2) is 7.46. The first-order chi connectivity index (χ1) is 3.63. The molecule has 0 aliphatic rings.